The second-order valence-electron chi connectivity index (χ2n) is 7.92. The molecule has 0 atom stereocenters. The Morgan fingerprint density at radius 2 is 2.03 bits per heavy atom. The number of amides is 1. The van der Waals surface area contributed by atoms with Gasteiger partial charge in [0, 0.05) is 36.0 Å². The van der Waals surface area contributed by atoms with Gasteiger partial charge in [-0.15, -0.1) is 0 Å². The summed E-state index contributed by atoms with van der Waals surface area (Å²) in [7, 11) is 3.95. The molecule has 2 N–H and O–H groups in total. The van der Waals surface area contributed by atoms with Crippen LogP contribution >= 0.6 is 0 Å². The first-order valence-electron chi connectivity index (χ1n) is 10.2. The van der Waals surface area contributed by atoms with Crippen LogP contribution in [0.25, 0.3) is 10.9 Å². The first kappa shape index (κ1) is 21.3. The van der Waals surface area contributed by atoms with Crippen molar-refractivity contribution in [1.29, 1.82) is 0 Å². The lowest BCUT2D eigenvalue weighted by atomic mass is 10.1. The number of benzene rings is 1. The molecule has 0 spiro atoms. The van der Waals surface area contributed by atoms with Gasteiger partial charge in [0.15, 0.2) is 5.82 Å². The van der Waals surface area contributed by atoms with Crippen molar-refractivity contribution < 1.29 is 14.4 Å². The maximum Gasteiger partial charge on any atom is 0.437 e. The number of carbonyl (C=O) groups excluding carboxylic acids is 1. The van der Waals surface area contributed by atoms with Crippen molar-refractivity contribution in [2.45, 2.75) is 26.3 Å². The van der Waals surface area contributed by atoms with Crippen LogP contribution in [0.2, 0.25) is 0 Å². The fourth-order valence-electron chi connectivity index (χ4n) is 3.12. The highest BCUT2D eigenvalue weighted by atomic mass is 16.7. The van der Waals surface area contributed by atoms with Crippen LogP contribution in [-0.2, 0) is 6.54 Å². The number of hydrogen-bond acceptors (Lipinski definition) is 7. The molecule has 0 aliphatic carbocycles. The monoisotopic (exact) mass is 435 g/mol. The van der Waals surface area contributed by atoms with E-state index in [0.717, 1.165) is 16.8 Å². The van der Waals surface area contributed by atoms with Gasteiger partial charge < -0.3 is 14.5 Å². The topological polar surface area (TPSA) is 110 Å². The Kier molecular flexibility index (Phi) is 6.04. The summed E-state index contributed by atoms with van der Waals surface area (Å²) in [5, 5.41) is 10.4. The van der Waals surface area contributed by atoms with Crippen LogP contribution in [0.4, 0.5) is 10.6 Å². The summed E-state index contributed by atoms with van der Waals surface area (Å²) in [6.45, 7) is 4.76. The van der Waals surface area contributed by atoms with Gasteiger partial charge in [-0.2, -0.15) is 9.83 Å². The molecule has 4 rings (SSSR count). The second-order valence-corrected chi connectivity index (χ2v) is 7.92. The molecule has 3 heterocycles. The third kappa shape index (κ3) is 5.03. The Labute approximate surface area is 185 Å². The lowest BCUT2D eigenvalue weighted by molar-refractivity contribution is 0.153. The van der Waals surface area contributed by atoms with E-state index in [1.165, 1.54) is 11.1 Å². The van der Waals surface area contributed by atoms with Gasteiger partial charge in [-0.25, -0.2) is 14.8 Å². The van der Waals surface area contributed by atoms with E-state index in [0.29, 0.717) is 29.5 Å². The number of anilines is 1. The van der Waals surface area contributed by atoms with Crippen molar-refractivity contribution in [3.8, 4) is 11.6 Å². The minimum absolute atomic E-state index is 0.279. The molecule has 10 nitrogen and oxygen atoms in total. The van der Waals surface area contributed by atoms with Gasteiger partial charge in [0.2, 0.25) is 5.88 Å². The summed E-state index contributed by atoms with van der Waals surface area (Å²) in [5.74, 6) is 1.77. The molecule has 0 radical (unpaired) electrons. The standard InChI is InChI=1S/C22H25N7O3/c1-14(2)18-11-20(27-26-18)25-22(30)32-29-8-7-15-9-17(5-6-19(15)29)31-21-10-16(12-28(3)4)23-13-24-21/h5-11,13-14H,12H2,1-4H3,(H2,25,26,27,30). The molecule has 0 aliphatic rings. The van der Waals surface area contributed by atoms with E-state index in [9.17, 15) is 4.79 Å². The molecule has 0 fully saturated rings. The van der Waals surface area contributed by atoms with Crippen molar-refractivity contribution in [1.82, 2.24) is 29.8 Å². The summed E-state index contributed by atoms with van der Waals surface area (Å²) in [6, 6.07) is 10.9. The van der Waals surface area contributed by atoms with E-state index in [2.05, 4.69) is 25.5 Å². The molecule has 0 bridgehead atoms. The predicted molar refractivity (Wildman–Crippen MR) is 120 cm³/mol. The van der Waals surface area contributed by atoms with Gasteiger partial charge in [0.05, 0.1) is 11.2 Å². The zero-order chi connectivity index (χ0) is 22.7. The molecule has 0 aliphatic heterocycles. The number of carbonyl (C=O) groups is 1. The van der Waals surface area contributed by atoms with Gasteiger partial charge in [-0.3, -0.25) is 10.4 Å². The fourth-order valence-corrected chi connectivity index (χ4v) is 3.12. The largest absolute Gasteiger partial charge is 0.439 e. The number of aromatic amines is 1. The SMILES string of the molecule is CC(C)c1cc(NC(=O)On2ccc3cc(Oc4cc(CN(C)C)ncn4)ccc32)n[nH]1. The van der Waals surface area contributed by atoms with Crippen molar-refractivity contribution in [3.05, 3.63) is 60.3 Å². The van der Waals surface area contributed by atoms with E-state index in [4.69, 9.17) is 9.57 Å². The van der Waals surface area contributed by atoms with Crippen molar-refractivity contribution in [2.24, 2.45) is 0 Å². The van der Waals surface area contributed by atoms with E-state index in [-0.39, 0.29) is 5.92 Å². The van der Waals surface area contributed by atoms with Gasteiger partial charge in [0.1, 0.15) is 12.1 Å². The molecular weight excluding hydrogens is 410 g/mol. The van der Waals surface area contributed by atoms with E-state index in [1.54, 1.807) is 18.3 Å². The molecule has 4 aromatic rings. The first-order chi connectivity index (χ1) is 15.4. The summed E-state index contributed by atoms with van der Waals surface area (Å²) >= 11 is 0. The van der Waals surface area contributed by atoms with Crippen molar-refractivity contribution in [3.63, 3.8) is 0 Å². The van der Waals surface area contributed by atoms with Crippen LogP contribution in [0.1, 0.15) is 31.2 Å². The maximum atomic E-state index is 12.3. The number of nitrogens with one attached hydrogen (secondary N) is 2. The van der Waals surface area contributed by atoms with Crippen LogP contribution in [0.3, 0.4) is 0 Å². The Balaban J connectivity index is 1.44. The molecule has 32 heavy (non-hydrogen) atoms. The Morgan fingerprint density at radius 1 is 1.19 bits per heavy atom. The van der Waals surface area contributed by atoms with Crippen LogP contribution in [0, 0.1) is 0 Å². The van der Waals surface area contributed by atoms with Crippen LogP contribution in [-0.4, -0.2) is 50.0 Å². The number of rotatable bonds is 7. The molecule has 3 aromatic heterocycles. The summed E-state index contributed by atoms with van der Waals surface area (Å²) in [4.78, 5) is 28.1. The zero-order valence-corrected chi connectivity index (χ0v) is 18.4. The van der Waals surface area contributed by atoms with E-state index in [1.807, 2.05) is 57.1 Å². The number of nitrogens with zero attached hydrogens (tertiary/aromatic N) is 5. The predicted octanol–water partition coefficient (Wildman–Crippen LogP) is 3.79. The summed E-state index contributed by atoms with van der Waals surface area (Å²) in [5.41, 5.74) is 2.51. The lowest BCUT2D eigenvalue weighted by Crippen LogP contribution is -2.24. The highest BCUT2D eigenvalue weighted by Crippen LogP contribution is 2.25. The number of hydrogen-bond donors (Lipinski definition) is 2. The van der Waals surface area contributed by atoms with Crippen molar-refractivity contribution >= 4 is 22.8 Å². The lowest BCUT2D eigenvalue weighted by Gasteiger charge is -2.10. The minimum atomic E-state index is -0.640. The second kappa shape index (κ2) is 9.06. The van der Waals surface area contributed by atoms with Crippen LogP contribution in [0.15, 0.2) is 48.9 Å². The summed E-state index contributed by atoms with van der Waals surface area (Å²) in [6.07, 6.45) is 2.51. The number of aromatic nitrogens is 5. The molecular formula is C22H25N7O3. The van der Waals surface area contributed by atoms with E-state index < -0.39 is 6.09 Å². The molecule has 0 saturated heterocycles. The number of ether oxygens (including phenoxy) is 1. The van der Waals surface area contributed by atoms with Crippen LogP contribution in [0.5, 0.6) is 11.6 Å². The van der Waals surface area contributed by atoms with Gasteiger partial charge in [-0.1, -0.05) is 13.8 Å². The Hall–Kier alpha value is -3.92. The molecule has 0 saturated carbocycles. The molecule has 166 valence electrons. The van der Waals surface area contributed by atoms with Gasteiger partial charge >= 0.3 is 6.09 Å². The number of fused-ring (bicyclic) bond motifs is 1. The molecule has 1 amide bonds. The highest BCUT2D eigenvalue weighted by molar-refractivity contribution is 5.86. The first-order valence-corrected chi connectivity index (χ1v) is 10.2. The highest BCUT2D eigenvalue weighted by Gasteiger charge is 2.12. The Bertz CT molecular complexity index is 1230. The van der Waals surface area contributed by atoms with Crippen LogP contribution < -0.4 is 14.9 Å². The van der Waals surface area contributed by atoms with E-state index >= 15 is 0 Å². The van der Waals surface area contributed by atoms with Crippen molar-refractivity contribution in [2.75, 3.05) is 19.4 Å². The molecule has 10 heteroatoms. The molecule has 0 unspecified atom stereocenters. The number of H-pyrrole nitrogens is 1. The minimum Gasteiger partial charge on any atom is -0.439 e. The quantitative estimate of drug-likeness (QED) is 0.454. The zero-order valence-electron chi connectivity index (χ0n) is 18.4. The van der Waals surface area contributed by atoms with Gasteiger partial charge in [0.25, 0.3) is 0 Å². The average Bonchev–Trinajstić information content (AvgIpc) is 3.35. The smallest absolute Gasteiger partial charge is 0.437 e. The maximum absolute atomic E-state index is 12.3. The van der Waals surface area contributed by atoms with Gasteiger partial charge in [-0.05, 0) is 44.3 Å². The summed E-state index contributed by atoms with van der Waals surface area (Å²) < 4.78 is 7.28. The fraction of sp³-hybridized carbons (Fsp3) is 0.273. The average molecular weight is 435 g/mol. The Morgan fingerprint density at radius 3 is 2.78 bits per heavy atom. The molecule has 1 aromatic carbocycles. The third-order valence-electron chi connectivity index (χ3n) is 4.66. The third-order valence-corrected chi connectivity index (χ3v) is 4.66. The normalized spacial score (nSPS) is 11.3.